The average molecular weight is 164 g/mol. The molecule has 0 saturated heterocycles. The molecule has 1 atom stereocenters. The van der Waals surface area contributed by atoms with Crippen molar-refractivity contribution in [2.45, 2.75) is 19.0 Å². The fourth-order valence-corrected chi connectivity index (χ4v) is 0.575. The van der Waals surface area contributed by atoms with Gasteiger partial charge in [0.15, 0.2) is 0 Å². The third-order valence-electron chi connectivity index (χ3n) is 1.19. The summed E-state index contributed by atoms with van der Waals surface area (Å²) in [4.78, 5) is 10.1. The third-order valence-corrected chi connectivity index (χ3v) is 1.19. The van der Waals surface area contributed by atoms with Gasteiger partial charge >= 0.3 is 5.97 Å². The van der Waals surface area contributed by atoms with Crippen LogP contribution in [0.4, 0.5) is 8.78 Å². The molecule has 0 aliphatic rings. The van der Waals surface area contributed by atoms with E-state index in [1.807, 2.05) is 0 Å². The summed E-state index contributed by atoms with van der Waals surface area (Å²) in [5.41, 5.74) is -0.217. The summed E-state index contributed by atoms with van der Waals surface area (Å²) < 4.78 is 23.9. The van der Waals surface area contributed by atoms with Gasteiger partial charge in [0.2, 0.25) is 0 Å². The van der Waals surface area contributed by atoms with E-state index < -0.39 is 18.8 Å². The van der Waals surface area contributed by atoms with Gasteiger partial charge in [0.1, 0.15) is 6.17 Å². The Morgan fingerprint density at radius 1 is 1.64 bits per heavy atom. The van der Waals surface area contributed by atoms with E-state index in [-0.39, 0.29) is 18.4 Å². The molecule has 2 nitrogen and oxygen atoms in total. The second kappa shape index (κ2) is 4.82. The normalized spacial score (nSPS) is 12.5. The van der Waals surface area contributed by atoms with Gasteiger partial charge in [-0.15, -0.1) is 0 Å². The molecule has 0 bridgehead atoms. The number of hydrogen-bond donors (Lipinski definition) is 1. The smallest absolute Gasteiger partial charge is 0.331 e. The summed E-state index contributed by atoms with van der Waals surface area (Å²) in [6.07, 6.45) is -1.98. The van der Waals surface area contributed by atoms with Crippen molar-refractivity contribution in [2.75, 3.05) is 6.67 Å². The minimum atomic E-state index is -1.43. The summed E-state index contributed by atoms with van der Waals surface area (Å²) in [7, 11) is 0. The number of rotatable bonds is 5. The molecule has 0 aromatic carbocycles. The predicted octanol–water partition coefficient (Wildman–Crippen LogP) is 1.72. The standard InChI is InChI=1S/C7H10F2O2/c1-5(7(10)11)4-6(9)2-3-8/h6H,1-4H2,(H,10,11). The van der Waals surface area contributed by atoms with Crippen LogP contribution in [0.2, 0.25) is 0 Å². The van der Waals surface area contributed by atoms with Crippen LogP contribution in [0.25, 0.3) is 0 Å². The second-order valence-electron chi connectivity index (χ2n) is 2.19. The van der Waals surface area contributed by atoms with Crippen molar-refractivity contribution >= 4 is 5.97 Å². The van der Waals surface area contributed by atoms with Crippen LogP contribution in [0.1, 0.15) is 12.8 Å². The van der Waals surface area contributed by atoms with Gasteiger partial charge < -0.3 is 5.11 Å². The molecule has 0 aromatic heterocycles. The van der Waals surface area contributed by atoms with Crippen molar-refractivity contribution in [3.63, 3.8) is 0 Å². The molecular formula is C7H10F2O2. The Morgan fingerprint density at radius 2 is 2.18 bits per heavy atom. The predicted molar refractivity (Wildman–Crippen MR) is 36.9 cm³/mol. The molecule has 0 aliphatic carbocycles. The molecule has 0 radical (unpaired) electrons. The van der Waals surface area contributed by atoms with Gasteiger partial charge in [-0.3, -0.25) is 4.39 Å². The topological polar surface area (TPSA) is 37.3 Å². The third kappa shape index (κ3) is 4.47. The molecule has 0 fully saturated rings. The quantitative estimate of drug-likeness (QED) is 0.628. The first-order chi connectivity index (χ1) is 5.07. The number of hydrogen-bond acceptors (Lipinski definition) is 1. The Balaban J connectivity index is 3.66. The number of halogens is 2. The maximum atomic E-state index is 12.4. The second-order valence-corrected chi connectivity index (χ2v) is 2.19. The fourth-order valence-electron chi connectivity index (χ4n) is 0.575. The fraction of sp³-hybridized carbons (Fsp3) is 0.571. The number of carboxylic acids is 1. The van der Waals surface area contributed by atoms with Crippen molar-refractivity contribution in [1.29, 1.82) is 0 Å². The zero-order valence-corrected chi connectivity index (χ0v) is 6.02. The Bertz CT molecular complexity index is 157. The van der Waals surface area contributed by atoms with Crippen LogP contribution in [0.5, 0.6) is 0 Å². The van der Waals surface area contributed by atoms with Crippen LogP contribution in [0, 0.1) is 0 Å². The van der Waals surface area contributed by atoms with Gasteiger partial charge in [0.25, 0.3) is 0 Å². The molecule has 1 unspecified atom stereocenters. The van der Waals surface area contributed by atoms with E-state index in [9.17, 15) is 13.6 Å². The molecule has 1 N–H and O–H groups in total. The highest BCUT2D eigenvalue weighted by atomic mass is 19.1. The average Bonchev–Trinajstić information content (AvgIpc) is 1.87. The van der Waals surface area contributed by atoms with Crippen molar-refractivity contribution < 1.29 is 18.7 Å². The van der Waals surface area contributed by atoms with E-state index >= 15 is 0 Å². The summed E-state index contributed by atoms with van der Waals surface area (Å²) in [6.45, 7) is 2.34. The number of aliphatic carboxylic acids is 1. The molecule has 0 aromatic rings. The molecule has 0 saturated carbocycles. The lowest BCUT2D eigenvalue weighted by molar-refractivity contribution is -0.132. The number of carboxylic acid groups (broad SMARTS) is 1. The van der Waals surface area contributed by atoms with Gasteiger partial charge in [0, 0.05) is 18.4 Å². The minimum Gasteiger partial charge on any atom is -0.478 e. The van der Waals surface area contributed by atoms with E-state index in [1.165, 1.54) is 0 Å². The maximum absolute atomic E-state index is 12.4. The maximum Gasteiger partial charge on any atom is 0.331 e. The zero-order chi connectivity index (χ0) is 8.85. The monoisotopic (exact) mass is 164 g/mol. The molecule has 4 heteroatoms. The van der Waals surface area contributed by atoms with E-state index in [1.54, 1.807) is 0 Å². The van der Waals surface area contributed by atoms with Gasteiger partial charge in [-0.1, -0.05) is 6.58 Å². The lowest BCUT2D eigenvalue weighted by atomic mass is 10.1. The SMILES string of the molecule is C=C(CC(F)CCF)C(=O)O. The lowest BCUT2D eigenvalue weighted by Crippen LogP contribution is -2.08. The molecule has 0 amide bonds. The molecule has 0 rings (SSSR count). The van der Waals surface area contributed by atoms with Crippen LogP contribution in [-0.4, -0.2) is 23.9 Å². The van der Waals surface area contributed by atoms with Crippen molar-refractivity contribution in [3.8, 4) is 0 Å². The first-order valence-corrected chi connectivity index (χ1v) is 3.19. The highest BCUT2D eigenvalue weighted by Crippen LogP contribution is 2.10. The van der Waals surface area contributed by atoms with Crippen molar-refractivity contribution in [2.24, 2.45) is 0 Å². The molecule has 11 heavy (non-hydrogen) atoms. The largest absolute Gasteiger partial charge is 0.478 e. The van der Waals surface area contributed by atoms with E-state index in [0.717, 1.165) is 0 Å². The van der Waals surface area contributed by atoms with Gasteiger partial charge in [-0.25, -0.2) is 9.18 Å². The zero-order valence-electron chi connectivity index (χ0n) is 6.02. The summed E-state index contributed by atoms with van der Waals surface area (Å²) in [5.74, 6) is -1.23. The Kier molecular flexibility index (Phi) is 4.41. The Labute approximate surface area is 63.5 Å². The summed E-state index contributed by atoms with van der Waals surface area (Å²) in [5, 5.41) is 8.24. The van der Waals surface area contributed by atoms with Crippen LogP contribution >= 0.6 is 0 Å². The van der Waals surface area contributed by atoms with Crippen LogP contribution in [0.15, 0.2) is 12.2 Å². The molecule has 64 valence electrons. The van der Waals surface area contributed by atoms with Gasteiger partial charge in [-0.2, -0.15) is 0 Å². The Morgan fingerprint density at radius 3 is 2.55 bits per heavy atom. The van der Waals surface area contributed by atoms with Gasteiger partial charge in [0.05, 0.1) is 6.67 Å². The van der Waals surface area contributed by atoms with Crippen molar-refractivity contribution in [1.82, 2.24) is 0 Å². The highest BCUT2D eigenvalue weighted by molar-refractivity contribution is 5.85. The summed E-state index contributed by atoms with van der Waals surface area (Å²) in [6, 6.07) is 0. The van der Waals surface area contributed by atoms with Crippen LogP contribution in [-0.2, 0) is 4.79 Å². The molecular weight excluding hydrogens is 154 g/mol. The number of alkyl halides is 2. The van der Waals surface area contributed by atoms with Gasteiger partial charge in [-0.05, 0) is 0 Å². The van der Waals surface area contributed by atoms with Crippen LogP contribution < -0.4 is 0 Å². The molecule has 0 aliphatic heterocycles. The summed E-state index contributed by atoms with van der Waals surface area (Å²) >= 11 is 0. The highest BCUT2D eigenvalue weighted by Gasteiger charge is 2.12. The van der Waals surface area contributed by atoms with E-state index in [2.05, 4.69) is 6.58 Å². The number of carbonyl (C=O) groups is 1. The molecule has 0 heterocycles. The first-order valence-electron chi connectivity index (χ1n) is 3.19. The lowest BCUT2D eigenvalue weighted by Gasteiger charge is -2.03. The van der Waals surface area contributed by atoms with Crippen molar-refractivity contribution in [3.05, 3.63) is 12.2 Å². The Hall–Kier alpha value is -0.930. The van der Waals surface area contributed by atoms with E-state index in [0.29, 0.717) is 0 Å². The minimum absolute atomic E-state index is 0.217. The van der Waals surface area contributed by atoms with Crippen LogP contribution in [0.3, 0.4) is 0 Å². The first kappa shape index (κ1) is 10.1. The van der Waals surface area contributed by atoms with E-state index in [4.69, 9.17) is 5.11 Å². The molecule has 0 spiro atoms.